The van der Waals surface area contributed by atoms with Crippen LogP contribution in [0.2, 0.25) is 0 Å². The second-order valence-corrected chi connectivity index (χ2v) is 4.23. The number of aliphatic carboxylic acids is 1. The highest BCUT2D eigenvalue weighted by atomic mass is 16.4. The van der Waals surface area contributed by atoms with E-state index in [0.29, 0.717) is 38.6 Å². The molecule has 17 heavy (non-hydrogen) atoms. The number of nitrogens with zero attached hydrogens (tertiary/aromatic N) is 1. The van der Waals surface area contributed by atoms with Crippen molar-refractivity contribution in [2.75, 3.05) is 6.54 Å². The highest BCUT2D eigenvalue weighted by molar-refractivity contribution is 6.00. The fourth-order valence-corrected chi connectivity index (χ4v) is 1.82. The lowest BCUT2D eigenvalue weighted by Crippen LogP contribution is -2.51. The maximum absolute atomic E-state index is 11.6. The van der Waals surface area contributed by atoms with E-state index in [1.54, 1.807) is 0 Å². The summed E-state index contributed by atoms with van der Waals surface area (Å²) in [4.78, 5) is 34.6. The van der Waals surface area contributed by atoms with Crippen LogP contribution in [0.15, 0.2) is 0 Å². The Labute approximate surface area is 99.8 Å². The van der Waals surface area contributed by atoms with Gasteiger partial charge in [-0.2, -0.15) is 0 Å². The van der Waals surface area contributed by atoms with E-state index in [4.69, 9.17) is 10.8 Å². The Morgan fingerprint density at radius 3 is 2.71 bits per heavy atom. The van der Waals surface area contributed by atoms with Gasteiger partial charge in [-0.25, -0.2) is 0 Å². The van der Waals surface area contributed by atoms with Gasteiger partial charge in [0.2, 0.25) is 11.8 Å². The van der Waals surface area contributed by atoms with E-state index in [9.17, 15) is 14.4 Å². The number of carboxylic acid groups (broad SMARTS) is 1. The van der Waals surface area contributed by atoms with Crippen molar-refractivity contribution in [2.45, 2.75) is 44.6 Å². The summed E-state index contributed by atoms with van der Waals surface area (Å²) in [5.41, 5.74) is 5.58. The Morgan fingerprint density at radius 2 is 2.06 bits per heavy atom. The second-order valence-electron chi connectivity index (χ2n) is 4.23. The van der Waals surface area contributed by atoms with Crippen LogP contribution in [-0.4, -0.2) is 40.4 Å². The van der Waals surface area contributed by atoms with Crippen LogP contribution in [-0.2, 0) is 14.4 Å². The highest BCUT2D eigenvalue weighted by Gasteiger charge is 2.31. The number of amides is 2. The van der Waals surface area contributed by atoms with Gasteiger partial charge in [-0.15, -0.1) is 0 Å². The van der Waals surface area contributed by atoms with E-state index in [2.05, 4.69) is 0 Å². The Hall–Kier alpha value is -1.43. The van der Waals surface area contributed by atoms with Crippen molar-refractivity contribution in [2.24, 2.45) is 5.73 Å². The Morgan fingerprint density at radius 1 is 1.35 bits per heavy atom. The summed E-state index contributed by atoms with van der Waals surface area (Å²) in [5.74, 6) is -1.30. The largest absolute Gasteiger partial charge is 0.481 e. The maximum Gasteiger partial charge on any atom is 0.303 e. The fourth-order valence-electron chi connectivity index (χ4n) is 1.82. The topological polar surface area (TPSA) is 101 Å². The lowest BCUT2D eigenvalue weighted by molar-refractivity contribution is -0.149. The molecule has 6 heteroatoms. The van der Waals surface area contributed by atoms with Crippen LogP contribution in [0, 0.1) is 0 Å². The van der Waals surface area contributed by atoms with Crippen LogP contribution in [0.4, 0.5) is 0 Å². The molecule has 6 nitrogen and oxygen atoms in total. The second kappa shape index (κ2) is 6.34. The number of likely N-dealkylation sites (tertiary alicyclic amines) is 1. The normalized spacial score (nSPS) is 20.8. The zero-order valence-corrected chi connectivity index (χ0v) is 9.72. The van der Waals surface area contributed by atoms with Gasteiger partial charge in [-0.05, 0) is 19.3 Å². The van der Waals surface area contributed by atoms with Crippen LogP contribution in [0.25, 0.3) is 0 Å². The molecule has 1 rings (SSSR count). The van der Waals surface area contributed by atoms with Gasteiger partial charge in [-0.1, -0.05) is 6.42 Å². The van der Waals surface area contributed by atoms with Crippen molar-refractivity contribution >= 4 is 17.8 Å². The van der Waals surface area contributed by atoms with Gasteiger partial charge < -0.3 is 10.8 Å². The van der Waals surface area contributed by atoms with Crippen molar-refractivity contribution in [1.29, 1.82) is 0 Å². The average Bonchev–Trinajstić information content (AvgIpc) is 2.27. The molecule has 0 bridgehead atoms. The van der Waals surface area contributed by atoms with E-state index in [0.717, 1.165) is 0 Å². The van der Waals surface area contributed by atoms with Crippen molar-refractivity contribution < 1.29 is 19.5 Å². The monoisotopic (exact) mass is 242 g/mol. The van der Waals surface area contributed by atoms with Crippen LogP contribution >= 0.6 is 0 Å². The molecule has 0 aromatic carbocycles. The number of carboxylic acids is 1. The molecular weight excluding hydrogens is 224 g/mol. The summed E-state index contributed by atoms with van der Waals surface area (Å²) < 4.78 is 0. The summed E-state index contributed by atoms with van der Waals surface area (Å²) in [6.45, 7) is 0.352. The number of nitrogens with two attached hydrogens (primary N) is 1. The summed E-state index contributed by atoms with van der Waals surface area (Å²) in [7, 11) is 0. The van der Waals surface area contributed by atoms with Crippen LogP contribution < -0.4 is 5.73 Å². The maximum atomic E-state index is 11.6. The smallest absolute Gasteiger partial charge is 0.303 e. The molecule has 0 aliphatic carbocycles. The molecule has 0 aromatic heterocycles. The van der Waals surface area contributed by atoms with Gasteiger partial charge in [0.05, 0.1) is 6.04 Å². The third kappa shape index (κ3) is 4.14. The predicted molar refractivity (Wildman–Crippen MR) is 60.0 cm³/mol. The molecule has 1 saturated heterocycles. The van der Waals surface area contributed by atoms with Crippen molar-refractivity contribution in [1.82, 2.24) is 4.90 Å². The third-order valence-corrected chi connectivity index (χ3v) is 2.83. The molecule has 1 aliphatic rings. The first-order valence-electron chi connectivity index (χ1n) is 5.84. The molecule has 3 N–H and O–H groups in total. The average molecular weight is 242 g/mol. The van der Waals surface area contributed by atoms with Crippen molar-refractivity contribution in [3.63, 3.8) is 0 Å². The number of carbonyl (C=O) groups excluding carboxylic acids is 2. The molecule has 1 atom stereocenters. The molecular formula is C11H18N2O4. The number of imide groups is 1. The van der Waals surface area contributed by atoms with Gasteiger partial charge in [-0.3, -0.25) is 19.3 Å². The van der Waals surface area contributed by atoms with Crippen molar-refractivity contribution in [3.05, 3.63) is 0 Å². The number of hydrogen-bond acceptors (Lipinski definition) is 4. The third-order valence-electron chi connectivity index (χ3n) is 2.83. The molecule has 0 spiro atoms. The minimum atomic E-state index is -0.822. The van der Waals surface area contributed by atoms with E-state index >= 15 is 0 Å². The molecule has 0 radical (unpaired) electrons. The van der Waals surface area contributed by atoms with E-state index in [1.165, 1.54) is 4.90 Å². The van der Waals surface area contributed by atoms with Crippen LogP contribution in [0.1, 0.15) is 38.5 Å². The standard InChI is InChI=1S/C11H18N2O4/c12-8-5-6-9(14)13(11(8)17)7-3-1-2-4-10(15)16/h8H,1-7,12H2,(H,15,16). The quantitative estimate of drug-likeness (QED) is 0.508. The lowest BCUT2D eigenvalue weighted by Gasteiger charge is -2.28. The Bertz CT molecular complexity index is 317. The number of hydrogen-bond donors (Lipinski definition) is 2. The molecule has 2 amide bonds. The summed E-state index contributed by atoms with van der Waals surface area (Å²) >= 11 is 0. The van der Waals surface area contributed by atoms with E-state index in [-0.39, 0.29) is 18.2 Å². The predicted octanol–water partition coefficient (Wildman–Crippen LogP) is 0.108. The first-order valence-corrected chi connectivity index (χ1v) is 5.84. The SMILES string of the molecule is NC1CCC(=O)N(CCCCCC(=O)O)C1=O. The van der Waals surface area contributed by atoms with Gasteiger partial charge in [0.1, 0.15) is 0 Å². The minimum absolute atomic E-state index is 0.126. The van der Waals surface area contributed by atoms with Crippen LogP contribution in [0.3, 0.4) is 0 Å². The first-order chi connectivity index (χ1) is 8.02. The zero-order chi connectivity index (χ0) is 12.8. The lowest BCUT2D eigenvalue weighted by atomic mass is 10.0. The summed E-state index contributed by atoms with van der Waals surface area (Å²) in [6.07, 6.45) is 2.77. The van der Waals surface area contributed by atoms with Crippen LogP contribution in [0.5, 0.6) is 0 Å². The molecule has 0 saturated carbocycles. The van der Waals surface area contributed by atoms with Crippen molar-refractivity contribution in [3.8, 4) is 0 Å². The van der Waals surface area contributed by atoms with Gasteiger partial charge in [0, 0.05) is 19.4 Å². The molecule has 1 unspecified atom stereocenters. The first kappa shape index (κ1) is 13.6. The van der Waals surface area contributed by atoms with Gasteiger partial charge in [0.15, 0.2) is 0 Å². The summed E-state index contributed by atoms with van der Waals surface area (Å²) in [6, 6.07) is -0.563. The Balaban J connectivity index is 2.27. The molecule has 1 fully saturated rings. The van der Waals surface area contributed by atoms with Gasteiger partial charge in [0.25, 0.3) is 0 Å². The van der Waals surface area contributed by atoms with E-state index in [1.807, 2.05) is 0 Å². The Kier molecular flexibility index (Phi) is 5.09. The molecule has 1 heterocycles. The highest BCUT2D eigenvalue weighted by Crippen LogP contribution is 2.13. The van der Waals surface area contributed by atoms with Gasteiger partial charge >= 0.3 is 5.97 Å². The molecule has 96 valence electrons. The minimum Gasteiger partial charge on any atom is -0.481 e. The number of carbonyl (C=O) groups is 3. The van der Waals surface area contributed by atoms with E-state index < -0.39 is 12.0 Å². The molecule has 1 aliphatic heterocycles. The fraction of sp³-hybridized carbons (Fsp3) is 0.727. The zero-order valence-electron chi connectivity index (χ0n) is 9.72. The summed E-state index contributed by atoms with van der Waals surface area (Å²) in [5, 5.41) is 8.45. The molecule has 0 aromatic rings. The number of rotatable bonds is 6. The number of piperidine rings is 1. The number of unbranched alkanes of at least 4 members (excludes halogenated alkanes) is 2.